The van der Waals surface area contributed by atoms with Crippen molar-refractivity contribution in [3.05, 3.63) is 35.9 Å². The average Bonchev–Trinajstić information content (AvgIpc) is 2.40. The van der Waals surface area contributed by atoms with Crippen LogP contribution in [0.4, 0.5) is 0 Å². The first-order valence-corrected chi connectivity index (χ1v) is 7.10. The number of hydrogen-bond donors (Lipinski definition) is 2. The van der Waals surface area contributed by atoms with Gasteiger partial charge < -0.3 is 10.2 Å². The molecule has 1 aliphatic rings. The van der Waals surface area contributed by atoms with Gasteiger partial charge in [-0.2, -0.15) is 0 Å². The molecule has 98 valence electrons. The first kappa shape index (κ1) is 13.3. The van der Waals surface area contributed by atoms with Crippen molar-refractivity contribution in [1.82, 2.24) is 10.2 Å². The van der Waals surface area contributed by atoms with Crippen LogP contribution in [0.15, 0.2) is 30.3 Å². The lowest BCUT2D eigenvalue weighted by Crippen LogP contribution is -3.16. The fourth-order valence-electron chi connectivity index (χ4n) is 2.24. The Balaban J connectivity index is 1.89. The molecule has 0 aliphatic carbocycles. The van der Waals surface area contributed by atoms with Crippen LogP contribution in [0.2, 0.25) is 0 Å². The first-order chi connectivity index (χ1) is 8.79. The summed E-state index contributed by atoms with van der Waals surface area (Å²) in [5, 5.41) is 4.25. The molecule has 1 aromatic carbocycles. The second-order valence-corrected chi connectivity index (χ2v) is 5.23. The maximum atomic E-state index is 5.36. The third-order valence-electron chi connectivity index (χ3n) is 3.27. The molecule has 1 unspecified atom stereocenters. The summed E-state index contributed by atoms with van der Waals surface area (Å²) < 4.78 is 0. The molecule has 0 aromatic heterocycles. The molecule has 1 heterocycles. The molecule has 1 fully saturated rings. The molecule has 0 saturated carbocycles. The van der Waals surface area contributed by atoms with Gasteiger partial charge in [0.1, 0.15) is 6.54 Å². The molecule has 3 nitrogen and oxygen atoms in total. The minimum atomic E-state index is 0.917. The van der Waals surface area contributed by atoms with E-state index in [0.717, 1.165) is 31.5 Å². The Labute approximate surface area is 115 Å². The smallest absolute Gasteiger partial charge is 0.177 e. The third kappa shape index (κ3) is 3.68. The summed E-state index contributed by atoms with van der Waals surface area (Å²) in [6.07, 6.45) is 2.42. The van der Waals surface area contributed by atoms with Crippen molar-refractivity contribution >= 4 is 17.3 Å². The quantitative estimate of drug-likeness (QED) is 0.774. The van der Waals surface area contributed by atoms with E-state index in [0.29, 0.717) is 0 Å². The van der Waals surface area contributed by atoms with E-state index in [-0.39, 0.29) is 0 Å². The van der Waals surface area contributed by atoms with Gasteiger partial charge in [-0.3, -0.25) is 4.90 Å². The van der Waals surface area contributed by atoms with Crippen molar-refractivity contribution in [3.63, 3.8) is 0 Å². The normalized spacial score (nSPS) is 19.7. The molecule has 4 heteroatoms. The van der Waals surface area contributed by atoms with Crippen LogP contribution in [0.3, 0.4) is 0 Å². The van der Waals surface area contributed by atoms with E-state index < -0.39 is 0 Å². The van der Waals surface area contributed by atoms with E-state index in [1.807, 2.05) is 0 Å². The standard InChI is InChI=1S/C14H21N3S/c1-2-3-9-17-12-16(11-15-14(17)18)10-13-7-5-4-6-8-13/h4-8H,2-3,9-12H2,1H3,(H,15,18)/p+1. The summed E-state index contributed by atoms with van der Waals surface area (Å²) in [4.78, 5) is 3.81. The number of nitrogens with one attached hydrogen (secondary N) is 2. The van der Waals surface area contributed by atoms with Gasteiger partial charge in [-0.05, 0) is 18.6 Å². The molecule has 1 aromatic rings. The van der Waals surface area contributed by atoms with Crippen LogP contribution >= 0.6 is 12.2 Å². The molecule has 2 rings (SSSR count). The van der Waals surface area contributed by atoms with Crippen LogP contribution in [0, 0.1) is 0 Å². The van der Waals surface area contributed by atoms with Gasteiger partial charge in [0, 0.05) is 12.1 Å². The molecule has 0 radical (unpaired) electrons. The predicted octanol–water partition coefficient (Wildman–Crippen LogP) is 0.977. The number of thiocarbonyl (C=S) groups is 1. The zero-order chi connectivity index (χ0) is 12.8. The minimum Gasteiger partial charge on any atom is -0.316 e. The molecule has 18 heavy (non-hydrogen) atoms. The van der Waals surface area contributed by atoms with Crippen molar-refractivity contribution in [1.29, 1.82) is 0 Å². The van der Waals surface area contributed by atoms with Crippen molar-refractivity contribution < 1.29 is 4.90 Å². The number of unbranched alkanes of at least 4 members (excludes halogenated alkanes) is 1. The lowest BCUT2D eigenvalue weighted by molar-refractivity contribution is -0.927. The number of benzene rings is 1. The maximum Gasteiger partial charge on any atom is 0.177 e. The average molecular weight is 264 g/mol. The zero-order valence-electron chi connectivity index (χ0n) is 11.0. The Bertz CT molecular complexity index is 380. The van der Waals surface area contributed by atoms with Crippen LogP contribution in [0.1, 0.15) is 25.3 Å². The highest BCUT2D eigenvalue weighted by Gasteiger charge is 2.22. The summed E-state index contributed by atoms with van der Waals surface area (Å²) in [5.74, 6) is 0. The zero-order valence-corrected chi connectivity index (χ0v) is 11.8. The Hall–Kier alpha value is -1.13. The summed E-state index contributed by atoms with van der Waals surface area (Å²) >= 11 is 5.36. The Morgan fingerprint density at radius 2 is 2.11 bits per heavy atom. The molecule has 0 bridgehead atoms. The van der Waals surface area contributed by atoms with E-state index in [9.17, 15) is 0 Å². The predicted molar refractivity (Wildman–Crippen MR) is 78.2 cm³/mol. The monoisotopic (exact) mass is 264 g/mol. The van der Waals surface area contributed by atoms with Crippen LogP contribution in [0.25, 0.3) is 0 Å². The second-order valence-electron chi connectivity index (χ2n) is 4.85. The van der Waals surface area contributed by atoms with Crippen LogP contribution in [-0.4, -0.2) is 29.9 Å². The van der Waals surface area contributed by atoms with Gasteiger partial charge in [0.2, 0.25) is 0 Å². The molecule has 1 aliphatic heterocycles. The van der Waals surface area contributed by atoms with Gasteiger partial charge in [0.15, 0.2) is 18.4 Å². The van der Waals surface area contributed by atoms with Gasteiger partial charge in [0.25, 0.3) is 0 Å². The van der Waals surface area contributed by atoms with Crippen molar-refractivity contribution in [2.45, 2.75) is 26.3 Å². The summed E-state index contributed by atoms with van der Waals surface area (Å²) in [6.45, 7) is 6.28. The van der Waals surface area contributed by atoms with E-state index in [1.165, 1.54) is 23.3 Å². The lowest BCUT2D eigenvalue weighted by Gasteiger charge is -2.35. The largest absolute Gasteiger partial charge is 0.316 e. The van der Waals surface area contributed by atoms with Crippen LogP contribution in [-0.2, 0) is 6.54 Å². The number of rotatable bonds is 5. The van der Waals surface area contributed by atoms with E-state index in [2.05, 4.69) is 47.5 Å². The van der Waals surface area contributed by atoms with Gasteiger partial charge >= 0.3 is 0 Å². The topological polar surface area (TPSA) is 19.7 Å². The molecule has 0 amide bonds. The summed E-state index contributed by atoms with van der Waals surface area (Å²) in [7, 11) is 0. The Kier molecular flexibility index (Phi) is 4.96. The fourth-order valence-corrected chi connectivity index (χ4v) is 2.47. The highest BCUT2D eigenvalue weighted by atomic mass is 32.1. The minimum absolute atomic E-state index is 0.917. The molecule has 1 atom stereocenters. The van der Waals surface area contributed by atoms with E-state index >= 15 is 0 Å². The summed E-state index contributed by atoms with van der Waals surface area (Å²) in [6, 6.07) is 10.7. The van der Waals surface area contributed by atoms with Gasteiger partial charge in [-0.25, -0.2) is 0 Å². The molecular weight excluding hydrogens is 242 g/mol. The number of nitrogens with zero attached hydrogens (tertiary/aromatic N) is 1. The molecule has 0 spiro atoms. The van der Waals surface area contributed by atoms with Crippen LogP contribution < -0.4 is 10.2 Å². The molecule has 2 N–H and O–H groups in total. The van der Waals surface area contributed by atoms with Gasteiger partial charge in [-0.1, -0.05) is 43.7 Å². The van der Waals surface area contributed by atoms with E-state index in [1.54, 1.807) is 0 Å². The van der Waals surface area contributed by atoms with E-state index in [4.69, 9.17) is 12.2 Å². The van der Waals surface area contributed by atoms with Crippen molar-refractivity contribution in [2.75, 3.05) is 19.9 Å². The third-order valence-corrected chi connectivity index (χ3v) is 3.67. The Morgan fingerprint density at radius 3 is 2.83 bits per heavy atom. The fraction of sp³-hybridized carbons (Fsp3) is 0.500. The molecule has 1 saturated heterocycles. The lowest BCUT2D eigenvalue weighted by atomic mass is 10.2. The summed E-state index contributed by atoms with van der Waals surface area (Å²) in [5.41, 5.74) is 1.39. The first-order valence-electron chi connectivity index (χ1n) is 6.70. The van der Waals surface area contributed by atoms with Crippen molar-refractivity contribution in [3.8, 4) is 0 Å². The highest BCUT2D eigenvalue weighted by molar-refractivity contribution is 7.80. The highest BCUT2D eigenvalue weighted by Crippen LogP contribution is 1.98. The second kappa shape index (κ2) is 6.71. The number of quaternary nitrogens is 1. The van der Waals surface area contributed by atoms with Crippen molar-refractivity contribution in [2.24, 2.45) is 0 Å². The van der Waals surface area contributed by atoms with Gasteiger partial charge in [0.05, 0.1) is 0 Å². The molecular formula is C14H22N3S+. The number of hydrogen-bond acceptors (Lipinski definition) is 1. The van der Waals surface area contributed by atoms with Crippen LogP contribution in [0.5, 0.6) is 0 Å². The SMILES string of the molecule is CCCCN1C[NH+](Cc2ccccc2)CNC1=S. The maximum absolute atomic E-state index is 5.36. The van der Waals surface area contributed by atoms with Gasteiger partial charge in [-0.15, -0.1) is 0 Å². The Morgan fingerprint density at radius 1 is 1.33 bits per heavy atom.